The highest BCUT2D eigenvalue weighted by atomic mass is 16.1. The molecule has 0 radical (unpaired) electrons. The van der Waals surface area contributed by atoms with Gasteiger partial charge in [0.05, 0.1) is 0 Å². The Morgan fingerprint density at radius 3 is 2.50 bits per heavy atom. The van der Waals surface area contributed by atoms with Crippen molar-refractivity contribution < 1.29 is 0 Å². The van der Waals surface area contributed by atoms with Gasteiger partial charge in [0.25, 0.3) is 5.56 Å². The van der Waals surface area contributed by atoms with Crippen molar-refractivity contribution in [2.75, 3.05) is 18.0 Å². The predicted octanol–water partition coefficient (Wildman–Crippen LogP) is 3.05. The van der Waals surface area contributed by atoms with Crippen LogP contribution in [0.5, 0.6) is 0 Å². The number of rotatable bonds is 4. The third-order valence-corrected chi connectivity index (χ3v) is 5.36. The summed E-state index contributed by atoms with van der Waals surface area (Å²) < 4.78 is 0. The van der Waals surface area contributed by atoms with Crippen molar-refractivity contribution in [2.24, 2.45) is 5.41 Å². The van der Waals surface area contributed by atoms with Crippen molar-refractivity contribution in [3.63, 3.8) is 0 Å². The molecule has 1 aromatic heterocycles. The van der Waals surface area contributed by atoms with Gasteiger partial charge in [0.1, 0.15) is 11.6 Å². The second kappa shape index (κ2) is 5.23. The maximum Gasteiger partial charge on any atom is 0.252 e. The fourth-order valence-corrected chi connectivity index (χ4v) is 3.34. The van der Waals surface area contributed by atoms with E-state index in [9.17, 15) is 4.79 Å². The minimum absolute atomic E-state index is 0.000259. The third-order valence-electron chi connectivity index (χ3n) is 5.36. The summed E-state index contributed by atoms with van der Waals surface area (Å²) >= 11 is 0. The predicted molar refractivity (Wildman–Crippen MR) is 81.3 cm³/mol. The van der Waals surface area contributed by atoms with Gasteiger partial charge >= 0.3 is 0 Å². The first-order valence-electron chi connectivity index (χ1n) is 8.02. The van der Waals surface area contributed by atoms with E-state index in [1.165, 1.54) is 38.5 Å². The molecule has 0 amide bonds. The largest absolute Gasteiger partial charge is 0.356 e. The van der Waals surface area contributed by atoms with E-state index in [2.05, 4.69) is 28.7 Å². The molecule has 4 heteroatoms. The normalized spacial score (nSPS) is 22.0. The van der Waals surface area contributed by atoms with E-state index in [-0.39, 0.29) is 5.56 Å². The molecule has 1 aliphatic carbocycles. The summed E-state index contributed by atoms with van der Waals surface area (Å²) in [5, 5.41) is 0. The average molecular weight is 275 g/mol. The third kappa shape index (κ3) is 2.60. The summed E-state index contributed by atoms with van der Waals surface area (Å²) in [6.07, 6.45) is 7.28. The second-order valence-electron chi connectivity index (χ2n) is 6.46. The number of anilines is 1. The molecule has 1 saturated carbocycles. The van der Waals surface area contributed by atoms with Crippen LogP contribution in [0.15, 0.2) is 10.9 Å². The number of nitrogens with zero attached hydrogens (tertiary/aromatic N) is 2. The van der Waals surface area contributed by atoms with Crippen molar-refractivity contribution in [3.05, 3.63) is 22.2 Å². The van der Waals surface area contributed by atoms with E-state index in [0.717, 1.165) is 24.7 Å². The Bertz CT molecular complexity index is 519. The van der Waals surface area contributed by atoms with E-state index in [0.29, 0.717) is 11.3 Å². The number of piperidine rings is 1. The second-order valence-corrected chi connectivity index (χ2v) is 6.46. The number of hydrogen-bond acceptors (Lipinski definition) is 3. The minimum Gasteiger partial charge on any atom is -0.356 e. The lowest BCUT2D eigenvalue weighted by atomic mass is 9.74. The van der Waals surface area contributed by atoms with Crippen LogP contribution in [0.3, 0.4) is 0 Å². The zero-order valence-corrected chi connectivity index (χ0v) is 12.6. The van der Waals surface area contributed by atoms with Crippen molar-refractivity contribution in [3.8, 4) is 0 Å². The summed E-state index contributed by atoms with van der Waals surface area (Å²) in [7, 11) is 0. The van der Waals surface area contributed by atoms with Gasteiger partial charge in [-0.3, -0.25) is 4.79 Å². The van der Waals surface area contributed by atoms with E-state index < -0.39 is 0 Å². The SMILES string of the molecule is CCC1(CC)CCN(c2cc(=O)[nH]c(C3CC3)n2)CC1. The highest BCUT2D eigenvalue weighted by Crippen LogP contribution is 2.40. The van der Waals surface area contributed by atoms with Crippen molar-refractivity contribution in [1.29, 1.82) is 0 Å². The van der Waals surface area contributed by atoms with E-state index in [4.69, 9.17) is 0 Å². The highest BCUT2D eigenvalue weighted by Gasteiger charge is 2.32. The van der Waals surface area contributed by atoms with Gasteiger partial charge in [0, 0.05) is 25.1 Å². The van der Waals surface area contributed by atoms with Gasteiger partial charge in [-0.25, -0.2) is 4.98 Å². The molecule has 2 aliphatic rings. The summed E-state index contributed by atoms with van der Waals surface area (Å²) in [5.74, 6) is 2.28. The molecule has 110 valence electrons. The lowest BCUT2D eigenvalue weighted by Crippen LogP contribution is -2.40. The molecule has 20 heavy (non-hydrogen) atoms. The number of nitrogens with one attached hydrogen (secondary N) is 1. The molecule has 3 rings (SSSR count). The number of aromatic nitrogens is 2. The molecule has 1 saturated heterocycles. The fourth-order valence-electron chi connectivity index (χ4n) is 3.34. The Morgan fingerprint density at radius 2 is 1.95 bits per heavy atom. The van der Waals surface area contributed by atoms with Gasteiger partial charge in [-0.1, -0.05) is 26.7 Å². The molecule has 0 bridgehead atoms. The van der Waals surface area contributed by atoms with Crippen molar-refractivity contribution >= 4 is 5.82 Å². The van der Waals surface area contributed by atoms with Crippen LogP contribution in [0.1, 0.15) is 64.1 Å². The zero-order chi connectivity index (χ0) is 14.2. The smallest absolute Gasteiger partial charge is 0.252 e. The molecule has 4 nitrogen and oxygen atoms in total. The summed E-state index contributed by atoms with van der Waals surface area (Å²) in [5.41, 5.74) is 0.511. The quantitative estimate of drug-likeness (QED) is 0.918. The highest BCUT2D eigenvalue weighted by molar-refractivity contribution is 5.38. The van der Waals surface area contributed by atoms with E-state index in [1.54, 1.807) is 6.07 Å². The summed E-state index contributed by atoms with van der Waals surface area (Å²) in [6, 6.07) is 1.66. The Balaban J connectivity index is 1.76. The van der Waals surface area contributed by atoms with Gasteiger partial charge in [0.15, 0.2) is 0 Å². The zero-order valence-electron chi connectivity index (χ0n) is 12.6. The molecular formula is C16H25N3O. The van der Waals surface area contributed by atoms with E-state index in [1.807, 2.05) is 0 Å². The first-order chi connectivity index (χ1) is 9.65. The topological polar surface area (TPSA) is 49.0 Å². The molecule has 0 unspecified atom stereocenters. The van der Waals surface area contributed by atoms with Crippen molar-refractivity contribution in [1.82, 2.24) is 9.97 Å². The molecule has 2 heterocycles. The summed E-state index contributed by atoms with van der Waals surface area (Å²) in [4.78, 5) is 21.7. The monoisotopic (exact) mass is 275 g/mol. The van der Waals surface area contributed by atoms with Gasteiger partial charge in [-0.05, 0) is 31.1 Å². The molecule has 1 aliphatic heterocycles. The van der Waals surface area contributed by atoms with Crippen LogP contribution in [0, 0.1) is 5.41 Å². The Kier molecular flexibility index (Phi) is 3.57. The van der Waals surface area contributed by atoms with Gasteiger partial charge in [0.2, 0.25) is 0 Å². The lowest BCUT2D eigenvalue weighted by Gasteiger charge is -2.41. The van der Waals surface area contributed by atoms with Crippen LogP contribution in [0.4, 0.5) is 5.82 Å². The maximum atomic E-state index is 11.8. The van der Waals surface area contributed by atoms with Gasteiger partial charge in [-0.15, -0.1) is 0 Å². The molecule has 2 fully saturated rings. The van der Waals surface area contributed by atoms with Crippen LogP contribution in [0.25, 0.3) is 0 Å². The van der Waals surface area contributed by atoms with E-state index >= 15 is 0 Å². The molecule has 1 aromatic rings. The minimum atomic E-state index is -0.000259. The Hall–Kier alpha value is -1.32. The van der Waals surface area contributed by atoms with Gasteiger partial charge < -0.3 is 9.88 Å². The maximum absolute atomic E-state index is 11.8. The first kappa shape index (κ1) is 13.7. The van der Waals surface area contributed by atoms with Crippen LogP contribution >= 0.6 is 0 Å². The Morgan fingerprint density at radius 1 is 1.30 bits per heavy atom. The molecule has 0 atom stereocenters. The fraction of sp³-hybridized carbons (Fsp3) is 0.750. The van der Waals surface area contributed by atoms with Crippen LogP contribution in [-0.2, 0) is 0 Å². The lowest BCUT2D eigenvalue weighted by molar-refractivity contribution is 0.199. The standard InChI is InChI=1S/C16H25N3O/c1-3-16(4-2)7-9-19(10-8-16)13-11-14(20)18-15(17-13)12-5-6-12/h11-12H,3-10H2,1-2H3,(H,17,18,20). The average Bonchev–Trinajstić information content (AvgIpc) is 3.31. The molecule has 0 aromatic carbocycles. The molecular weight excluding hydrogens is 250 g/mol. The van der Waals surface area contributed by atoms with Gasteiger partial charge in [-0.2, -0.15) is 0 Å². The summed E-state index contributed by atoms with van der Waals surface area (Å²) in [6.45, 7) is 6.66. The number of hydrogen-bond donors (Lipinski definition) is 1. The van der Waals surface area contributed by atoms with Crippen LogP contribution in [-0.4, -0.2) is 23.1 Å². The Labute approximate surface area is 120 Å². The van der Waals surface area contributed by atoms with Crippen LogP contribution in [0.2, 0.25) is 0 Å². The first-order valence-corrected chi connectivity index (χ1v) is 8.02. The van der Waals surface area contributed by atoms with Crippen LogP contribution < -0.4 is 10.5 Å². The molecule has 0 spiro atoms. The van der Waals surface area contributed by atoms with Crippen molar-refractivity contribution in [2.45, 2.75) is 58.3 Å². The number of aromatic amines is 1. The number of H-pyrrole nitrogens is 1. The molecule has 1 N–H and O–H groups in total.